The Morgan fingerprint density at radius 2 is 0.452 bits per heavy atom. The highest BCUT2D eigenvalue weighted by Gasteiger charge is 1.92. The highest BCUT2D eigenvalue weighted by molar-refractivity contribution is 6.32. The minimum atomic E-state index is 0.822. The molecule has 0 aliphatic heterocycles. The van der Waals surface area contributed by atoms with E-state index in [0.717, 1.165) is 5.46 Å². The third kappa shape index (κ3) is 7.83. The Kier molecular flexibility index (Phi) is 8.94. The van der Waals surface area contributed by atoms with Crippen LogP contribution in [0.1, 0.15) is 0 Å². The molecule has 0 spiro atoms. The summed E-state index contributed by atoms with van der Waals surface area (Å²) in [5.74, 6) is 0. The van der Waals surface area contributed by atoms with Crippen LogP contribution in [0.15, 0.2) is 152 Å². The molecule has 148 valence electrons. The Morgan fingerprint density at radius 1 is 0.258 bits per heavy atom. The second-order valence-corrected chi connectivity index (χ2v) is 6.87. The highest BCUT2D eigenvalue weighted by atomic mass is 14.0. The fraction of sp³-hybridized carbons (Fsp3) is 0. The van der Waals surface area contributed by atoms with E-state index in [9.17, 15) is 0 Å². The van der Waals surface area contributed by atoms with E-state index in [4.69, 9.17) is 7.85 Å². The zero-order valence-electron chi connectivity index (χ0n) is 17.5. The van der Waals surface area contributed by atoms with Crippen LogP contribution in [0.2, 0.25) is 0 Å². The van der Waals surface area contributed by atoms with Gasteiger partial charge in [0.05, 0.1) is 0 Å². The van der Waals surface area contributed by atoms with Gasteiger partial charge in [-0.05, 0) is 22.3 Å². The van der Waals surface area contributed by atoms with Gasteiger partial charge in [-0.25, -0.2) is 0 Å². The molecule has 0 heterocycles. The number of rotatable bonds is 2. The van der Waals surface area contributed by atoms with Gasteiger partial charge in [-0.15, -0.1) is 0 Å². The fourth-order valence-corrected chi connectivity index (χ4v) is 2.98. The number of hydrogen-bond acceptors (Lipinski definition) is 0. The molecule has 0 atom stereocenters. The molecule has 0 saturated heterocycles. The quantitative estimate of drug-likeness (QED) is 0.277. The van der Waals surface area contributed by atoms with E-state index in [2.05, 4.69) is 97.1 Å². The Labute approximate surface area is 187 Å². The summed E-state index contributed by atoms with van der Waals surface area (Å²) in [5, 5.41) is 0. The average molecular weight is 396 g/mol. The Hall–Kier alpha value is -3.84. The molecule has 0 aliphatic rings. The molecule has 0 fully saturated rings. The molecule has 2 radical (unpaired) electrons. The first kappa shape index (κ1) is 21.9. The third-order valence-electron chi connectivity index (χ3n) is 4.56. The first-order valence-corrected chi connectivity index (χ1v) is 10.3. The van der Waals surface area contributed by atoms with Crippen molar-refractivity contribution in [2.45, 2.75) is 0 Å². The van der Waals surface area contributed by atoms with Gasteiger partial charge in [0.15, 0.2) is 0 Å². The van der Waals surface area contributed by atoms with Crippen molar-refractivity contribution in [2.24, 2.45) is 0 Å². The van der Waals surface area contributed by atoms with Gasteiger partial charge in [0, 0.05) is 0 Å². The topological polar surface area (TPSA) is 0 Å². The van der Waals surface area contributed by atoms with Gasteiger partial charge in [0.2, 0.25) is 0 Å². The standard InChI is InChI=1S/2C12H10.C6H5B/c2*1-3-7-11(8-4-1)12-9-5-2-6-10-12;7-6-4-2-1-3-5-6/h2*1-10H;1-5H. The van der Waals surface area contributed by atoms with Crippen LogP contribution in [0.3, 0.4) is 0 Å². The van der Waals surface area contributed by atoms with Crippen molar-refractivity contribution in [2.75, 3.05) is 0 Å². The van der Waals surface area contributed by atoms with Crippen LogP contribution in [-0.2, 0) is 0 Å². The van der Waals surface area contributed by atoms with Gasteiger partial charge >= 0.3 is 0 Å². The smallest absolute Gasteiger partial charge is 0.0967 e. The lowest BCUT2D eigenvalue weighted by atomic mass is 9.97. The normalized spacial score (nSPS) is 9.42. The molecule has 0 saturated carbocycles. The van der Waals surface area contributed by atoms with Crippen molar-refractivity contribution in [1.82, 2.24) is 0 Å². The summed E-state index contributed by atoms with van der Waals surface area (Å²) >= 11 is 0. The van der Waals surface area contributed by atoms with Gasteiger partial charge in [-0.3, -0.25) is 0 Å². The average Bonchev–Trinajstić information content (AvgIpc) is 2.87. The van der Waals surface area contributed by atoms with Gasteiger partial charge in [-0.1, -0.05) is 157 Å². The maximum atomic E-state index is 5.36. The van der Waals surface area contributed by atoms with Crippen LogP contribution in [0.5, 0.6) is 0 Å². The van der Waals surface area contributed by atoms with Crippen LogP contribution in [0.4, 0.5) is 0 Å². The summed E-state index contributed by atoms with van der Waals surface area (Å²) in [6.07, 6.45) is 0. The molecule has 0 amide bonds. The van der Waals surface area contributed by atoms with E-state index in [-0.39, 0.29) is 0 Å². The van der Waals surface area contributed by atoms with E-state index < -0.39 is 0 Å². The van der Waals surface area contributed by atoms with Crippen LogP contribution < -0.4 is 5.46 Å². The summed E-state index contributed by atoms with van der Waals surface area (Å²) in [7, 11) is 5.36. The second kappa shape index (κ2) is 12.7. The molecule has 1 heteroatoms. The molecule has 0 nitrogen and oxygen atoms in total. The molecule has 0 unspecified atom stereocenters. The van der Waals surface area contributed by atoms with Crippen molar-refractivity contribution in [3.05, 3.63) is 152 Å². The summed E-state index contributed by atoms with van der Waals surface area (Å²) in [5.41, 5.74) is 5.93. The third-order valence-corrected chi connectivity index (χ3v) is 4.56. The van der Waals surface area contributed by atoms with Crippen LogP contribution >= 0.6 is 0 Å². The SMILES string of the molecule is [B]c1ccccc1.c1ccc(-c2ccccc2)cc1.c1ccc(-c2ccccc2)cc1. The molecular weight excluding hydrogens is 371 g/mol. The molecule has 0 N–H and O–H groups in total. The van der Waals surface area contributed by atoms with Crippen LogP contribution in [0.25, 0.3) is 22.3 Å². The second-order valence-electron chi connectivity index (χ2n) is 6.87. The molecular formula is C30H25B. The van der Waals surface area contributed by atoms with Crippen molar-refractivity contribution in [3.8, 4) is 22.3 Å². The minimum absolute atomic E-state index is 0.822. The molecule has 5 aromatic rings. The summed E-state index contributed by atoms with van der Waals surface area (Å²) in [6, 6.07) is 51.0. The van der Waals surface area contributed by atoms with E-state index in [1.54, 1.807) is 0 Å². The largest absolute Gasteiger partial charge is 0.113 e. The number of hydrogen-bond donors (Lipinski definition) is 0. The fourth-order valence-electron chi connectivity index (χ4n) is 2.98. The van der Waals surface area contributed by atoms with Crippen molar-refractivity contribution >= 4 is 13.3 Å². The lowest BCUT2D eigenvalue weighted by Crippen LogP contribution is -1.97. The van der Waals surface area contributed by atoms with Gasteiger partial charge in [0.1, 0.15) is 7.85 Å². The maximum absolute atomic E-state index is 5.36. The van der Waals surface area contributed by atoms with Crippen molar-refractivity contribution in [1.29, 1.82) is 0 Å². The molecule has 0 bridgehead atoms. The van der Waals surface area contributed by atoms with Gasteiger partial charge in [-0.2, -0.15) is 0 Å². The Morgan fingerprint density at radius 3 is 0.613 bits per heavy atom. The Balaban J connectivity index is 0.000000137. The highest BCUT2D eigenvalue weighted by Crippen LogP contribution is 2.18. The predicted molar refractivity (Wildman–Crippen MR) is 136 cm³/mol. The number of benzene rings is 5. The molecule has 0 aromatic heterocycles. The van der Waals surface area contributed by atoms with Crippen molar-refractivity contribution in [3.63, 3.8) is 0 Å². The lowest BCUT2D eigenvalue weighted by molar-refractivity contribution is 1.62. The van der Waals surface area contributed by atoms with Crippen LogP contribution in [-0.4, -0.2) is 7.85 Å². The summed E-state index contributed by atoms with van der Waals surface area (Å²) in [6.45, 7) is 0. The first-order valence-electron chi connectivity index (χ1n) is 10.3. The van der Waals surface area contributed by atoms with E-state index in [0.29, 0.717) is 0 Å². The minimum Gasteiger partial charge on any atom is -0.0967 e. The van der Waals surface area contributed by atoms with Gasteiger partial charge in [0.25, 0.3) is 0 Å². The van der Waals surface area contributed by atoms with E-state index >= 15 is 0 Å². The predicted octanol–water partition coefficient (Wildman–Crippen LogP) is 7.19. The monoisotopic (exact) mass is 396 g/mol. The summed E-state index contributed by atoms with van der Waals surface area (Å²) < 4.78 is 0. The van der Waals surface area contributed by atoms with Gasteiger partial charge < -0.3 is 0 Å². The Bertz CT molecular complexity index is 942. The lowest BCUT2D eigenvalue weighted by Gasteiger charge is -1.98. The van der Waals surface area contributed by atoms with Crippen LogP contribution in [0, 0.1) is 0 Å². The molecule has 5 rings (SSSR count). The first-order chi connectivity index (χ1) is 15.3. The zero-order valence-corrected chi connectivity index (χ0v) is 17.5. The molecule has 31 heavy (non-hydrogen) atoms. The van der Waals surface area contributed by atoms with Crippen molar-refractivity contribution < 1.29 is 0 Å². The van der Waals surface area contributed by atoms with E-state index in [1.807, 2.05) is 54.6 Å². The molecule has 5 aromatic carbocycles. The maximum Gasteiger partial charge on any atom is 0.113 e. The molecule has 0 aliphatic carbocycles. The van der Waals surface area contributed by atoms with E-state index in [1.165, 1.54) is 22.3 Å². The zero-order chi connectivity index (χ0) is 21.6. The summed E-state index contributed by atoms with van der Waals surface area (Å²) in [4.78, 5) is 0.